The molecule has 0 bridgehead atoms. The van der Waals surface area contributed by atoms with E-state index in [2.05, 4.69) is 15.7 Å². The van der Waals surface area contributed by atoms with Gasteiger partial charge < -0.3 is 5.73 Å². The van der Waals surface area contributed by atoms with Crippen LogP contribution in [-0.2, 0) is 6.42 Å². The van der Waals surface area contributed by atoms with Crippen molar-refractivity contribution in [3.63, 3.8) is 0 Å². The normalized spacial score (nSPS) is 13.0. The van der Waals surface area contributed by atoms with E-state index in [0.717, 1.165) is 12.1 Å². The van der Waals surface area contributed by atoms with E-state index >= 15 is 0 Å². The van der Waals surface area contributed by atoms with Gasteiger partial charge in [0, 0.05) is 22.7 Å². The van der Waals surface area contributed by atoms with E-state index in [1.165, 1.54) is 16.4 Å². The lowest BCUT2D eigenvalue weighted by molar-refractivity contribution is 0.717. The second-order valence-corrected chi connectivity index (χ2v) is 4.31. The Morgan fingerprint density at radius 2 is 2.46 bits per heavy atom. The van der Waals surface area contributed by atoms with E-state index in [1.54, 1.807) is 11.3 Å². The van der Waals surface area contributed by atoms with Gasteiger partial charge >= 0.3 is 0 Å². The second-order valence-electron chi connectivity index (χ2n) is 2.72. The minimum atomic E-state index is 0.0592. The molecule has 2 rings (SSSR count). The van der Waals surface area contributed by atoms with Crippen molar-refractivity contribution >= 4 is 22.9 Å². The van der Waals surface area contributed by atoms with Crippen LogP contribution in [0.25, 0.3) is 0 Å². The summed E-state index contributed by atoms with van der Waals surface area (Å²) in [5.74, 6) is 0. The Labute approximate surface area is 84.4 Å². The van der Waals surface area contributed by atoms with E-state index in [-0.39, 0.29) is 6.04 Å². The van der Waals surface area contributed by atoms with Crippen LogP contribution >= 0.6 is 22.9 Å². The predicted molar refractivity (Wildman–Crippen MR) is 54.9 cm³/mol. The van der Waals surface area contributed by atoms with Crippen molar-refractivity contribution in [1.82, 2.24) is 9.59 Å². The van der Waals surface area contributed by atoms with Crippen molar-refractivity contribution in [2.75, 3.05) is 0 Å². The Morgan fingerprint density at radius 1 is 1.54 bits per heavy atom. The molecule has 68 valence electrons. The van der Waals surface area contributed by atoms with Crippen LogP contribution in [0.2, 0.25) is 0 Å². The molecule has 2 aromatic rings. The summed E-state index contributed by atoms with van der Waals surface area (Å²) in [6.07, 6.45) is 0.775. The van der Waals surface area contributed by atoms with Crippen molar-refractivity contribution < 1.29 is 0 Å². The minimum absolute atomic E-state index is 0.0592. The maximum atomic E-state index is 5.98. The molecule has 0 aromatic carbocycles. The minimum Gasteiger partial charge on any atom is -0.323 e. The number of hydrogen-bond acceptors (Lipinski definition) is 5. The molecule has 0 spiro atoms. The SMILES string of the molecule is NC(Cc1csnn1)c1cccs1. The molecule has 1 atom stereocenters. The highest BCUT2D eigenvalue weighted by atomic mass is 32.1. The Balaban J connectivity index is 2.04. The van der Waals surface area contributed by atoms with Crippen LogP contribution in [0.5, 0.6) is 0 Å². The van der Waals surface area contributed by atoms with Crippen LogP contribution in [0.1, 0.15) is 16.6 Å². The molecule has 2 heterocycles. The topological polar surface area (TPSA) is 51.8 Å². The molecular weight excluding hydrogens is 202 g/mol. The lowest BCUT2D eigenvalue weighted by atomic mass is 10.1. The van der Waals surface area contributed by atoms with Gasteiger partial charge in [-0.15, -0.1) is 16.4 Å². The van der Waals surface area contributed by atoms with Crippen LogP contribution < -0.4 is 5.73 Å². The molecular formula is C8H9N3S2. The third kappa shape index (κ3) is 2.12. The summed E-state index contributed by atoms with van der Waals surface area (Å²) in [4.78, 5) is 1.20. The lowest BCUT2D eigenvalue weighted by Crippen LogP contribution is -2.11. The first kappa shape index (κ1) is 8.80. The zero-order valence-corrected chi connectivity index (χ0v) is 8.52. The van der Waals surface area contributed by atoms with Crippen molar-refractivity contribution in [3.05, 3.63) is 33.5 Å². The third-order valence-corrected chi connectivity index (χ3v) is 3.30. The fraction of sp³-hybridized carbons (Fsp3) is 0.250. The molecule has 3 nitrogen and oxygen atoms in total. The summed E-state index contributed by atoms with van der Waals surface area (Å²) in [5, 5.41) is 7.93. The Morgan fingerprint density at radius 3 is 3.08 bits per heavy atom. The first-order valence-corrected chi connectivity index (χ1v) is 5.63. The quantitative estimate of drug-likeness (QED) is 0.842. The number of rotatable bonds is 3. The fourth-order valence-electron chi connectivity index (χ4n) is 1.10. The highest BCUT2D eigenvalue weighted by molar-refractivity contribution is 7.10. The average molecular weight is 211 g/mol. The van der Waals surface area contributed by atoms with Gasteiger partial charge in [-0.25, -0.2) is 0 Å². The van der Waals surface area contributed by atoms with E-state index in [9.17, 15) is 0 Å². The maximum Gasteiger partial charge on any atom is 0.0774 e. The smallest absolute Gasteiger partial charge is 0.0774 e. The van der Waals surface area contributed by atoms with Crippen molar-refractivity contribution in [2.24, 2.45) is 5.73 Å². The zero-order chi connectivity index (χ0) is 9.10. The highest BCUT2D eigenvalue weighted by Gasteiger charge is 2.09. The van der Waals surface area contributed by atoms with E-state index in [4.69, 9.17) is 5.73 Å². The number of nitrogens with two attached hydrogens (primary N) is 1. The largest absolute Gasteiger partial charge is 0.323 e. The summed E-state index contributed by atoms with van der Waals surface area (Å²) in [6.45, 7) is 0. The Hall–Kier alpha value is -0.780. The molecule has 2 N–H and O–H groups in total. The Bertz CT molecular complexity index is 341. The number of aromatic nitrogens is 2. The number of nitrogens with zero attached hydrogens (tertiary/aromatic N) is 2. The second kappa shape index (κ2) is 3.95. The van der Waals surface area contributed by atoms with E-state index < -0.39 is 0 Å². The predicted octanol–water partition coefficient (Wildman–Crippen LogP) is 1.84. The van der Waals surface area contributed by atoms with Gasteiger partial charge in [0.1, 0.15) is 0 Å². The van der Waals surface area contributed by atoms with Gasteiger partial charge in [0.25, 0.3) is 0 Å². The van der Waals surface area contributed by atoms with Gasteiger partial charge in [0.15, 0.2) is 0 Å². The first-order chi connectivity index (χ1) is 6.36. The average Bonchev–Trinajstić information content (AvgIpc) is 2.74. The third-order valence-electron chi connectivity index (χ3n) is 1.74. The van der Waals surface area contributed by atoms with Gasteiger partial charge in [-0.2, -0.15) is 0 Å². The molecule has 0 radical (unpaired) electrons. The molecule has 0 saturated heterocycles. The van der Waals surface area contributed by atoms with E-state index in [1.807, 2.05) is 16.8 Å². The molecule has 1 unspecified atom stereocenters. The molecule has 0 aliphatic rings. The molecule has 0 aliphatic heterocycles. The fourth-order valence-corrected chi connectivity index (χ4v) is 2.29. The van der Waals surface area contributed by atoms with Crippen LogP contribution in [0, 0.1) is 0 Å². The lowest BCUT2D eigenvalue weighted by Gasteiger charge is -2.05. The molecule has 2 aromatic heterocycles. The zero-order valence-electron chi connectivity index (χ0n) is 6.88. The molecule has 0 amide bonds. The van der Waals surface area contributed by atoms with Crippen LogP contribution in [0.4, 0.5) is 0 Å². The molecule has 0 aliphatic carbocycles. The molecule has 5 heteroatoms. The van der Waals surface area contributed by atoms with Gasteiger partial charge in [0.2, 0.25) is 0 Å². The number of hydrogen-bond donors (Lipinski definition) is 1. The van der Waals surface area contributed by atoms with Crippen molar-refractivity contribution in [3.8, 4) is 0 Å². The number of thiophene rings is 1. The van der Waals surface area contributed by atoms with Crippen molar-refractivity contribution in [2.45, 2.75) is 12.5 Å². The Kier molecular flexibility index (Phi) is 2.68. The standard InChI is InChI=1S/C8H9N3S2/c9-7(8-2-1-3-12-8)4-6-5-13-11-10-6/h1-3,5,7H,4,9H2. The summed E-state index contributed by atoms with van der Waals surface area (Å²) < 4.78 is 3.80. The molecule has 0 fully saturated rings. The van der Waals surface area contributed by atoms with Crippen LogP contribution in [-0.4, -0.2) is 9.59 Å². The van der Waals surface area contributed by atoms with Crippen LogP contribution in [0.15, 0.2) is 22.9 Å². The molecule has 13 heavy (non-hydrogen) atoms. The summed E-state index contributed by atoms with van der Waals surface area (Å²) in [7, 11) is 0. The monoisotopic (exact) mass is 211 g/mol. The van der Waals surface area contributed by atoms with E-state index in [0.29, 0.717) is 0 Å². The highest BCUT2D eigenvalue weighted by Crippen LogP contribution is 2.19. The summed E-state index contributed by atoms with van der Waals surface area (Å²) in [6, 6.07) is 4.12. The first-order valence-electron chi connectivity index (χ1n) is 3.91. The van der Waals surface area contributed by atoms with Crippen molar-refractivity contribution in [1.29, 1.82) is 0 Å². The van der Waals surface area contributed by atoms with Gasteiger partial charge in [0.05, 0.1) is 5.69 Å². The van der Waals surface area contributed by atoms with Gasteiger partial charge in [-0.3, -0.25) is 0 Å². The van der Waals surface area contributed by atoms with Crippen LogP contribution in [0.3, 0.4) is 0 Å². The van der Waals surface area contributed by atoms with Gasteiger partial charge in [-0.1, -0.05) is 10.6 Å². The summed E-state index contributed by atoms with van der Waals surface area (Å²) in [5.41, 5.74) is 6.96. The van der Waals surface area contributed by atoms with Gasteiger partial charge in [-0.05, 0) is 23.0 Å². The maximum absolute atomic E-state index is 5.98. The molecule has 0 saturated carbocycles. The summed E-state index contributed by atoms with van der Waals surface area (Å²) >= 11 is 3.05.